The van der Waals surface area contributed by atoms with Crippen LogP contribution in [0.1, 0.15) is 11.4 Å². The number of rotatable bonds is 4. The Kier molecular flexibility index (Phi) is 2.85. The number of nitrogens with zero attached hydrogens (tertiary/aromatic N) is 4. The average Bonchev–Trinajstić information content (AvgIpc) is 3.10. The molecule has 0 fully saturated rings. The van der Waals surface area contributed by atoms with Crippen LogP contribution in [0.25, 0.3) is 11.5 Å². The highest BCUT2D eigenvalue weighted by atomic mass is 35.5. The summed E-state index contributed by atoms with van der Waals surface area (Å²) in [6.07, 6.45) is 3.36. The van der Waals surface area contributed by atoms with Crippen molar-refractivity contribution in [2.45, 2.75) is 12.4 Å². The summed E-state index contributed by atoms with van der Waals surface area (Å²) >= 11 is 5.65. The zero-order chi connectivity index (χ0) is 12.4. The van der Waals surface area contributed by atoms with Crippen LogP contribution in [-0.4, -0.2) is 20.2 Å². The largest absolute Gasteiger partial charge is 0.461 e. The predicted molar refractivity (Wildman–Crippen MR) is 62.9 cm³/mol. The first-order chi connectivity index (χ1) is 8.85. The molecule has 0 aliphatic heterocycles. The van der Waals surface area contributed by atoms with Crippen LogP contribution in [0.4, 0.5) is 0 Å². The summed E-state index contributed by atoms with van der Waals surface area (Å²) in [5.74, 6) is 1.58. The van der Waals surface area contributed by atoms with Crippen LogP contribution in [0.3, 0.4) is 0 Å². The van der Waals surface area contributed by atoms with Gasteiger partial charge in [-0.2, -0.15) is 0 Å². The summed E-state index contributed by atoms with van der Waals surface area (Å²) in [7, 11) is 0. The standard InChI is InChI=1S/C11H9ClN4O2/c12-5-9-7-16(15-13-9)6-8-4-11(18-14-8)10-2-1-3-17-10/h1-4,7H,5-6H2. The van der Waals surface area contributed by atoms with E-state index in [-0.39, 0.29) is 0 Å². The van der Waals surface area contributed by atoms with Crippen LogP contribution < -0.4 is 0 Å². The smallest absolute Gasteiger partial charge is 0.202 e. The van der Waals surface area contributed by atoms with Crippen molar-refractivity contribution >= 4 is 11.6 Å². The van der Waals surface area contributed by atoms with Gasteiger partial charge in [0.2, 0.25) is 5.76 Å². The lowest BCUT2D eigenvalue weighted by Gasteiger charge is -1.92. The molecule has 0 N–H and O–H groups in total. The fourth-order valence-electron chi connectivity index (χ4n) is 1.56. The molecular formula is C11H9ClN4O2. The van der Waals surface area contributed by atoms with Crippen molar-refractivity contribution in [2.75, 3.05) is 0 Å². The van der Waals surface area contributed by atoms with Crippen LogP contribution in [0.15, 0.2) is 39.6 Å². The molecule has 0 aliphatic carbocycles. The molecule has 92 valence electrons. The molecule has 0 saturated carbocycles. The molecule has 0 unspecified atom stereocenters. The number of halogens is 1. The highest BCUT2D eigenvalue weighted by Gasteiger charge is 2.10. The Morgan fingerprint density at radius 2 is 2.22 bits per heavy atom. The van der Waals surface area contributed by atoms with E-state index in [9.17, 15) is 0 Å². The lowest BCUT2D eigenvalue weighted by molar-refractivity contribution is 0.407. The normalized spacial score (nSPS) is 10.9. The van der Waals surface area contributed by atoms with Crippen molar-refractivity contribution < 1.29 is 8.94 Å². The topological polar surface area (TPSA) is 69.9 Å². The molecule has 0 bridgehead atoms. The van der Waals surface area contributed by atoms with Gasteiger partial charge in [0, 0.05) is 6.07 Å². The highest BCUT2D eigenvalue weighted by molar-refractivity contribution is 6.16. The van der Waals surface area contributed by atoms with E-state index in [4.69, 9.17) is 20.5 Å². The SMILES string of the molecule is ClCc1cn(Cc2cc(-c3ccco3)on2)nn1. The third-order valence-corrected chi connectivity index (χ3v) is 2.64. The Morgan fingerprint density at radius 1 is 1.28 bits per heavy atom. The van der Waals surface area contributed by atoms with E-state index in [1.807, 2.05) is 6.07 Å². The maximum atomic E-state index is 5.65. The Labute approximate surface area is 107 Å². The Balaban J connectivity index is 1.77. The molecule has 3 rings (SSSR count). The van der Waals surface area contributed by atoms with Gasteiger partial charge in [-0.25, -0.2) is 4.68 Å². The maximum Gasteiger partial charge on any atom is 0.202 e. The van der Waals surface area contributed by atoms with E-state index in [0.717, 1.165) is 11.4 Å². The van der Waals surface area contributed by atoms with E-state index in [2.05, 4.69) is 15.5 Å². The van der Waals surface area contributed by atoms with Crippen molar-refractivity contribution in [1.82, 2.24) is 20.2 Å². The number of hydrogen-bond donors (Lipinski definition) is 0. The van der Waals surface area contributed by atoms with E-state index >= 15 is 0 Å². The fourth-order valence-corrected chi connectivity index (χ4v) is 1.69. The van der Waals surface area contributed by atoms with Crippen LogP contribution in [0, 0.1) is 0 Å². The molecule has 0 aliphatic rings. The zero-order valence-corrected chi connectivity index (χ0v) is 10.0. The molecule has 0 atom stereocenters. The second kappa shape index (κ2) is 4.66. The molecule has 3 aromatic rings. The molecule has 3 heterocycles. The van der Waals surface area contributed by atoms with Gasteiger partial charge in [0.15, 0.2) is 5.76 Å². The Morgan fingerprint density at radius 3 is 2.94 bits per heavy atom. The van der Waals surface area contributed by atoms with Crippen molar-refractivity contribution in [3.8, 4) is 11.5 Å². The Hall–Kier alpha value is -2.08. The summed E-state index contributed by atoms with van der Waals surface area (Å²) in [4.78, 5) is 0. The van der Waals surface area contributed by atoms with Crippen molar-refractivity contribution in [3.63, 3.8) is 0 Å². The molecule has 7 heteroatoms. The van der Waals surface area contributed by atoms with Crippen LogP contribution >= 0.6 is 11.6 Å². The van der Waals surface area contributed by atoms with E-state index in [0.29, 0.717) is 23.9 Å². The molecule has 0 saturated heterocycles. The van der Waals surface area contributed by atoms with E-state index in [1.165, 1.54) is 0 Å². The summed E-state index contributed by atoms with van der Waals surface area (Å²) in [5, 5.41) is 11.8. The third kappa shape index (κ3) is 2.14. The van der Waals surface area contributed by atoms with Gasteiger partial charge in [0.1, 0.15) is 5.69 Å². The summed E-state index contributed by atoms with van der Waals surface area (Å²) < 4.78 is 12.1. The van der Waals surface area contributed by atoms with Gasteiger partial charge in [-0.1, -0.05) is 10.4 Å². The lowest BCUT2D eigenvalue weighted by Crippen LogP contribution is -2.00. The number of alkyl halides is 1. The van der Waals surface area contributed by atoms with Gasteiger partial charge in [0.25, 0.3) is 0 Å². The lowest BCUT2D eigenvalue weighted by atomic mass is 10.3. The molecular weight excluding hydrogens is 256 g/mol. The highest BCUT2D eigenvalue weighted by Crippen LogP contribution is 2.20. The zero-order valence-electron chi connectivity index (χ0n) is 9.28. The number of hydrogen-bond acceptors (Lipinski definition) is 5. The van der Waals surface area contributed by atoms with E-state index < -0.39 is 0 Å². The fraction of sp³-hybridized carbons (Fsp3) is 0.182. The minimum Gasteiger partial charge on any atom is -0.461 e. The molecule has 6 nitrogen and oxygen atoms in total. The first kappa shape index (κ1) is 11.0. The van der Waals surface area contributed by atoms with Crippen molar-refractivity contribution in [2.24, 2.45) is 0 Å². The van der Waals surface area contributed by atoms with Gasteiger partial charge in [-0.15, -0.1) is 16.7 Å². The molecule has 0 spiro atoms. The quantitative estimate of drug-likeness (QED) is 0.676. The van der Waals surface area contributed by atoms with Gasteiger partial charge in [0.05, 0.1) is 30.6 Å². The summed E-state index contributed by atoms with van der Waals surface area (Å²) in [6.45, 7) is 0.480. The Bertz CT molecular complexity index is 629. The molecule has 3 aromatic heterocycles. The minimum absolute atomic E-state index is 0.344. The van der Waals surface area contributed by atoms with Gasteiger partial charge in [-0.3, -0.25) is 0 Å². The second-order valence-corrected chi connectivity index (χ2v) is 3.97. The van der Waals surface area contributed by atoms with Gasteiger partial charge < -0.3 is 8.94 Å². The summed E-state index contributed by atoms with van der Waals surface area (Å²) in [6, 6.07) is 5.41. The van der Waals surface area contributed by atoms with Crippen LogP contribution in [0.2, 0.25) is 0 Å². The first-order valence-corrected chi connectivity index (χ1v) is 5.83. The summed E-state index contributed by atoms with van der Waals surface area (Å²) in [5.41, 5.74) is 1.47. The van der Waals surface area contributed by atoms with Crippen molar-refractivity contribution in [1.29, 1.82) is 0 Å². The van der Waals surface area contributed by atoms with Crippen molar-refractivity contribution in [3.05, 3.63) is 42.0 Å². The van der Waals surface area contributed by atoms with Crippen LogP contribution in [0.5, 0.6) is 0 Å². The third-order valence-electron chi connectivity index (χ3n) is 2.37. The first-order valence-electron chi connectivity index (χ1n) is 5.29. The van der Waals surface area contributed by atoms with Gasteiger partial charge >= 0.3 is 0 Å². The second-order valence-electron chi connectivity index (χ2n) is 3.70. The maximum absolute atomic E-state index is 5.65. The molecule has 0 aromatic carbocycles. The minimum atomic E-state index is 0.344. The monoisotopic (exact) mass is 264 g/mol. The van der Waals surface area contributed by atoms with E-state index in [1.54, 1.807) is 29.3 Å². The number of furan rings is 1. The molecule has 0 amide bonds. The van der Waals surface area contributed by atoms with Gasteiger partial charge in [-0.05, 0) is 12.1 Å². The molecule has 0 radical (unpaired) electrons. The molecule has 18 heavy (non-hydrogen) atoms. The van der Waals surface area contributed by atoms with Crippen LogP contribution in [-0.2, 0) is 12.4 Å². The number of aromatic nitrogens is 4. The average molecular weight is 265 g/mol. The predicted octanol–water partition coefficient (Wildman–Crippen LogP) is 2.31.